The third-order valence-corrected chi connectivity index (χ3v) is 5.40. The number of phenolic OH excluding ortho intramolecular Hbond substituents is 2. The van der Waals surface area contributed by atoms with Crippen LogP contribution in [0.5, 0.6) is 11.5 Å². The molecule has 2 aromatic carbocycles. The highest BCUT2D eigenvalue weighted by molar-refractivity contribution is 5.89. The van der Waals surface area contributed by atoms with Crippen molar-refractivity contribution < 1.29 is 24.2 Å². The second kappa shape index (κ2) is 8.65. The van der Waals surface area contributed by atoms with E-state index >= 15 is 0 Å². The van der Waals surface area contributed by atoms with Gasteiger partial charge in [0.15, 0.2) is 5.43 Å². The first kappa shape index (κ1) is 20.7. The Morgan fingerprint density at radius 1 is 1.19 bits per heavy atom. The lowest BCUT2D eigenvalue weighted by atomic mass is 9.85. The van der Waals surface area contributed by atoms with Crippen LogP contribution in [0.2, 0.25) is 0 Å². The standard InChI is InChI=1S/C24H23NO6/c1-14-11-17(26)23-19(28)12-18(27)22(24(23)30-14)16-9-10-25-13-20(16)31-21(29)8-7-15-5-3-2-4-6-15/h2-8,11-12,16,20,25,27-28H,9-10,13H2,1H3/b8-7+/t16-,20+/m0/s1. The van der Waals surface area contributed by atoms with Crippen molar-refractivity contribution in [3.63, 3.8) is 0 Å². The van der Waals surface area contributed by atoms with Gasteiger partial charge in [-0.1, -0.05) is 30.3 Å². The molecule has 7 nitrogen and oxygen atoms in total. The second-order valence-corrected chi connectivity index (χ2v) is 7.57. The molecule has 1 saturated heterocycles. The van der Waals surface area contributed by atoms with E-state index in [1.54, 1.807) is 13.0 Å². The van der Waals surface area contributed by atoms with Crippen LogP contribution in [0.3, 0.4) is 0 Å². The van der Waals surface area contributed by atoms with E-state index in [0.29, 0.717) is 30.8 Å². The molecule has 3 aromatic rings. The van der Waals surface area contributed by atoms with Gasteiger partial charge < -0.3 is 24.7 Å². The number of aromatic hydroxyl groups is 2. The molecule has 2 atom stereocenters. The van der Waals surface area contributed by atoms with Crippen molar-refractivity contribution in [2.24, 2.45) is 0 Å². The van der Waals surface area contributed by atoms with Crippen LogP contribution in [0.15, 0.2) is 57.8 Å². The number of esters is 1. The summed E-state index contributed by atoms with van der Waals surface area (Å²) in [6.07, 6.45) is 2.99. The number of hydrogen-bond acceptors (Lipinski definition) is 7. The maximum atomic E-state index is 12.5. The van der Waals surface area contributed by atoms with E-state index in [2.05, 4.69) is 5.32 Å². The first-order chi connectivity index (χ1) is 14.9. The topological polar surface area (TPSA) is 109 Å². The largest absolute Gasteiger partial charge is 0.507 e. The first-order valence-electron chi connectivity index (χ1n) is 10.1. The number of carbonyl (C=O) groups excluding carboxylic acids is 1. The van der Waals surface area contributed by atoms with E-state index in [0.717, 1.165) is 11.6 Å². The Bertz CT molecular complexity index is 1200. The molecule has 7 heteroatoms. The van der Waals surface area contributed by atoms with E-state index in [4.69, 9.17) is 9.15 Å². The molecule has 0 aliphatic carbocycles. The van der Waals surface area contributed by atoms with E-state index in [1.165, 1.54) is 12.1 Å². The predicted octanol–water partition coefficient (Wildman–Crippen LogP) is 3.21. The SMILES string of the molecule is Cc1cc(=O)c2c(O)cc(O)c([C@H]3CCNC[C@H]3OC(=O)/C=C/c3ccccc3)c2o1. The Morgan fingerprint density at radius 2 is 1.97 bits per heavy atom. The molecule has 4 rings (SSSR count). The highest BCUT2D eigenvalue weighted by Crippen LogP contribution is 2.41. The number of benzene rings is 2. The smallest absolute Gasteiger partial charge is 0.331 e. The Labute approximate surface area is 178 Å². The van der Waals surface area contributed by atoms with Gasteiger partial charge in [-0.2, -0.15) is 0 Å². The van der Waals surface area contributed by atoms with E-state index in [1.807, 2.05) is 30.3 Å². The Morgan fingerprint density at radius 3 is 2.74 bits per heavy atom. The molecule has 1 aliphatic rings. The summed E-state index contributed by atoms with van der Waals surface area (Å²) in [7, 11) is 0. The predicted molar refractivity (Wildman–Crippen MR) is 116 cm³/mol. The molecule has 2 heterocycles. The molecule has 31 heavy (non-hydrogen) atoms. The van der Waals surface area contributed by atoms with Gasteiger partial charge in [-0.05, 0) is 31.5 Å². The summed E-state index contributed by atoms with van der Waals surface area (Å²) in [5.74, 6) is -1.12. The van der Waals surface area contributed by atoms with Crippen LogP contribution < -0.4 is 10.7 Å². The third-order valence-electron chi connectivity index (χ3n) is 5.40. The molecule has 1 aliphatic heterocycles. The summed E-state index contributed by atoms with van der Waals surface area (Å²) in [5, 5.41) is 24.0. The van der Waals surface area contributed by atoms with Gasteiger partial charge in [0.05, 0.1) is 0 Å². The minimum atomic E-state index is -0.592. The quantitative estimate of drug-likeness (QED) is 0.438. The zero-order chi connectivity index (χ0) is 22.0. The van der Waals surface area contributed by atoms with Gasteiger partial charge in [-0.25, -0.2) is 4.79 Å². The third kappa shape index (κ3) is 4.32. The van der Waals surface area contributed by atoms with Crippen molar-refractivity contribution in [1.82, 2.24) is 5.32 Å². The summed E-state index contributed by atoms with van der Waals surface area (Å²) in [6, 6.07) is 11.8. The average Bonchev–Trinajstić information content (AvgIpc) is 2.73. The first-order valence-corrected chi connectivity index (χ1v) is 10.1. The lowest BCUT2D eigenvalue weighted by molar-refractivity contribution is -0.144. The molecule has 0 unspecified atom stereocenters. The molecule has 0 saturated carbocycles. The van der Waals surface area contributed by atoms with Crippen molar-refractivity contribution in [2.45, 2.75) is 25.4 Å². The van der Waals surface area contributed by atoms with Crippen molar-refractivity contribution in [2.75, 3.05) is 13.1 Å². The minimum absolute atomic E-state index is 0.00554. The van der Waals surface area contributed by atoms with Gasteiger partial charge >= 0.3 is 5.97 Å². The van der Waals surface area contributed by atoms with Crippen molar-refractivity contribution >= 4 is 23.0 Å². The molecule has 0 amide bonds. The average molecular weight is 421 g/mol. The number of phenols is 2. The van der Waals surface area contributed by atoms with Crippen LogP contribution in [0.25, 0.3) is 17.0 Å². The normalized spacial score (nSPS) is 19.0. The number of carbonyl (C=O) groups is 1. The fourth-order valence-corrected chi connectivity index (χ4v) is 4.00. The van der Waals surface area contributed by atoms with Crippen molar-refractivity contribution in [3.8, 4) is 11.5 Å². The molecule has 160 valence electrons. The monoisotopic (exact) mass is 421 g/mol. The van der Waals surface area contributed by atoms with Crippen LogP contribution in [0, 0.1) is 6.92 Å². The van der Waals surface area contributed by atoms with Crippen LogP contribution >= 0.6 is 0 Å². The molecule has 0 spiro atoms. The van der Waals surface area contributed by atoms with Crippen LogP contribution in [-0.4, -0.2) is 35.4 Å². The lowest BCUT2D eigenvalue weighted by Gasteiger charge is -2.32. The van der Waals surface area contributed by atoms with Gasteiger partial charge in [0, 0.05) is 36.2 Å². The zero-order valence-corrected chi connectivity index (χ0v) is 17.0. The fraction of sp³-hybridized carbons (Fsp3) is 0.250. The summed E-state index contributed by atoms with van der Waals surface area (Å²) in [6.45, 7) is 2.64. The lowest BCUT2D eigenvalue weighted by Crippen LogP contribution is -2.42. The Balaban J connectivity index is 1.68. The number of fused-ring (bicyclic) bond motifs is 1. The molecule has 1 fully saturated rings. The second-order valence-electron chi connectivity index (χ2n) is 7.57. The van der Waals surface area contributed by atoms with Gasteiger partial charge in [0.1, 0.15) is 34.3 Å². The van der Waals surface area contributed by atoms with Gasteiger partial charge in [0.25, 0.3) is 0 Å². The Hall–Kier alpha value is -3.58. The maximum Gasteiger partial charge on any atom is 0.331 e. The number of nitrogens with one attached hydrogen (secondary N) is 1. The van der Waals surface area contributed by atoms with E-state index in [9.17, 15) is 19.8 Å². The molecule has 3 N–H and O–H groups in total. The highest BCUT2D eigenvalue weighted by Gasteiger charge is 2.34. The summed E-state index contributed by atoms with van der Waals surface area (Å²) in [4.78, 5) is 24.9. The summed E-state index contributed by atoms with van der Waals surface area (Å²) in [5.41, 5.74) is 0.957. The van der Waals surface area contributed by atoms with E-state index in [-0.39, 0.29) is 22.5 Å². The summed E-state index contributed by atoms with van der Waals surface area (Å²) >= 11 is 0. The zero-order valence-electron chi connectivity index (χ0n) is 17.0. The van der Waals surface area contributed by atoms with Gasteiger partial charge in [-0.3, -0.25) is 4.79 Å². The molecule has 1 aromatic heterocycles. The van der Waals surface area contributed by atoms with Crippen LogP contribution in [0.1, 0.15) is 29.2 Å². The van der Waals surface area contributed by atoms with Gasteiger partial charge in [-0.15, -0.1) is 0 Å². The number of hydrogen-bond donors (Lipinski definition) is 3. The maximum absolute atomic E-state index is 12.5. The molecule has 0 radical (unpaired) electrons. The van der Waals surface area contributed by atoms with Crippen molar-refractivity contribution in [3.05, 3.63) is 75.7 Å². The van der Waals surface area contributed by atoms with Crippen LogP contribution in [-0.2, 0) is 9.53 Å². The fourth-order valence-electron chi connectivity index (χ4n) is 4.00. The van der Waals surface area contributed by atoms with E-state index < -0.39 is 23.4 Å². The highest BCUT2D eigenvalue weighted by atomic mass is 16.5. The molecule has 0 bridgehead atoms. The Kier molecular flexibility index (Phi) is 5.77. The molecular weight excluding hydrogens is 398 g/mol. The van der Waals surface area contributed by atoms with Crippen LogP contribution in [0.4, 0.5) is 0 Å². The summed E-state index contributed by atoms with van der Waals surface area (Å²) < 4.78 is 11.4. The minimum Gasteiger partial charge on any atom is -0.507 e. The number of piperidine rings is 1. The van der Waals surface area contributed by atoms with Gasteiger partial charge in [0.2, 0.25) is 0 Å². The number of ether oxygens (including phenoxy) is 1. The number of aryl methyl sites for hydroxylation is 1. The molecular formula is C24H23NO6. The van der Waals surface area contributed by atoms with Crippen molar-refractivity contribution in [1.29, 1.82) is 0 Å². The number of rotatable bonds is 4.